The quantitative estimate of drug-likeness (QED) is 0.890. The van der Waals surface area contributed by atoms with Crippen LogP contribution in [0.3, 0.4) is 0 Å². The molecule has 0 amide bonds. The normalized spacial score (nSPS) is 13.2. The zero-order valence-electron chi connectivity index (χ0n) is 8.74. The Hall–Kier alpha value is -1.47. The predicted molar refractivity (Wildman–Crippen MR) is 56.0 cm³/mol. The third-order valence-electron chi connectivity index (χ3n) is 1.95. The fraction of sp³-hybridized carbons (Fsp3) is 0.300. The molecule has 1 rings (SSSR count). The van der Waals surface area contributed by atoms with Crippen molar-refractivity contribution in [3.05, 3.63) is 28.8 Å². The van der Waals surface area contributed by atoms with Crippen LogP contribution in [-0.4, -0.2) is 35.1 Å². The summed E-state index contributed by atoms with van der Waals surface area (Å²) in [7, 11) is 0. The lowest BCUT2D eigenvalue weighted by Gasteiger charge is -2.15. The highest BCUT2D eigenvalue weighted by molar-refractivity contribution is 6.32. The second-order valence-corrected chi connectivity index (χ2v) is 3.73. The van der Waals surface area contributed by atoms with Crippen LogP contribution in [0.5, 0.6) is 5.75 Å². The highest BCUT2D eigenvalue weighted by Crippen LogP contribution is 2.27. The Balaban J connectivity index is 2.72. The molecule has 0 aliphatic rings. The molecule has 0 spiro atoms. The van der Waals surface area contributed by atoms with E-state index in [0.29, 0.717) is 0 Å². The van der Waals surface area contributed by atoms with Gasteiger partial charge in [0.15, 0.2) is 6.10 Å². The molecule has 1 aromatic rings. The zero-order valence-corrected chi connectivity index (χ0v) is 9.50. The third kappa shape index (κ3) is 3.78. The molecule has 0 radical (unpaired) electrons. The van der Waals surface area contributed by atoms with E-state index < -0.39 is 24.9 Å². The molecular formula is C10H8ClF3O4. The van der Waals surface area contributed by atoms with Crippen molar-refractivity contribution >= 4 is 17.6 Å². The molecule has 0 aliphatic carbocycles. The van der Waals surface area contributed by atoms with Gasteiger partial charge in [-0.05, 0) is 18.2 Å². The highest BCUT2D eigenvalue weighted by Gasteiger charge is 2.38. The molecule has 2 N–H and O–H groups in total. The van der Waals surface area contributed by atoms with Crippen molar-refractivity contribution in [1.29, 1.82) is 0 Å². The second-order valence-electron chi connectivity index (χ2n) is 3.32. The largest absolute Gasteiger partial charge is 0.489 e. The van der Waals surface area contributed by atoms with Crippen LogP contribution in [0.4, 0.5) is 13.2 Å². The third-order valence-corrected chi connectivity index (χ3v) is 2.25. The SMILES string of the molecule is O=C(O)c1ccc(OCC(O)C(F)(F)F)c(Cl)c1. The van der Waals surface area contributed by atoms with Gasteiger partial charge in [-0.25, -0.2) is 4.79 Å². The molecule has 0 bridgehead atoms. The van der Waals surface area contributed by atoms with E-state index in [1.807, 2.05) is 0 Å². The zero-order chi connectivity index (χ0) is 13.9. The van der Waals surface area contributed by atoms with Crippen molar-refractivity contribution in [2.45, 2.75) is 12.3 Å². The van der Waals surface area contributed by atoms with Crippen molar-refractivity contribution in [3.63, 3.8) is 0 Å². The molecule has 1 unspecified atom stereocenters. The maximum absolute atomic E-state index is 12.0. The van der Waals surface area contributed by atoms with Gasteiger partial charge in [-0.15, -0.1) is 0 Å². The van der Waals surface area contributed by atoms with Gasteiger partial charge in [0.25, 0.3) is 0 Å². The number of hydrogen-bond donors (Lipinski definition) is 2. The second kappa shape index (κ2) is 5.45. The summed E-state index contributed by atoms with van der Waals surface area (Å²) in [6, 6.07) is 3.29. The van der Waals surface area contributed by atoms with Gasteiger partial charge in [-0.2, -0.15) is 13.2 Å². The van der Waals surface area contributed by atoms with E-state index in [0.717, 1.165) is 18.2 Å². The summed E-state index contributed by atoms with van der Waals surface area (Å²) in [5.74, 6) is -1.36. The summed E-state index contributed by atoms with van der Waals surface area (Å²) in [5, 5.41) is 17.2. The van der Waals surface area contributed by atoms with Crippen LogP contribution in [0.15, 0.2) is 18.2 Å². The molecule has 8 heteroatoms. The van der Waals surface area contributed by atoms with Gasteiger partial charge in [0.05, 0.1) is 10.6 Å². The number of hydrogen-bond acceptors (Lipinski definition) is 3. The highest BCUT2D eigenvalue weighted by atomic mass is 35.5. The average Bonchev–Trinajstić information content (AvgIpc) is 2.25. The molecule has 4 nitrogen and oxygen atoms in total. The molecule has 0 fully saturated rings. The van der Waals surface area contributed by atoms with E-state index in [-0.39, 0.29) is 16.3 Å². The molecule has 0 aliphatic heterocycles. The summed E-state index contributed by atoms with van der Waals surface area (Å²) in [4.78, 5) is 10.6. The first-order valence-electron chi connectivity index (χ1n) is 4.62. The Kier molecular flexibility index (Phi) is 4.42. The maximum atomic E-state index is 12.0. The minimum Gasteiger partial charge on any atom is -0.489 e. The summed E-state index contributed by atoms with van der Waals surface area (Å²) >= 11 is 5.62. The molecule has 0 heterocycles. The average molecular weight is 285 g/mol. The van der Waals surface area contributed by atoms with Crippen LogP contribution in [-0.2, 0) is 0 Å². The van der Waals surface area contributed by atoms with Gasteiger partial charge >= 0.3 is 12.1 Å². The number of ether oxygens (including phenoxy) is 1. The van der Waals surface area contributed by atoms with Gasteiger partial charge in [0, 0.05) is 0 Å². The topological polar surface area (TPSA) is 66.8 Å². The molecular weight excluding hydrogens is 277 g/mol. The first kappa shape index (κ1) is 14.6. The van der Waals surface area contributed by atoms with E-state index in [9.17, 15) is 18.0 Å². The number of rotatable bonds is 4. The van der Waals surface area contributed by atoms with Gasteiger partial charge in [-0.3, -0.25) is 0 Å². The fourth-order valence-corrected chi connectivity index (χ4v) is 1.25. The van der Waals surface area contributed by atoms with Crippen LogP contribution in [0, 0.1) is 0 Å². The molecule has 18 heavy (non-hydrogen) atoms. The van der Waals surface area contributed by atoms with Gasteiger partial charge < -0.3 is 14.9 Å². The summed E-state index contributed by atoms with van der Waals surface area (Å²) in [6.07, 6.45) is -7.42. The Morgan fingerprint density at radius 3 is 2.50 bits per heavy atom. The summed E-state index contributed by atoms with van der Waals surface area (Å²) in [5.41, 5.74) is -0.122. The van der Waals surface area contributed by atoms with Crippen molar-refractivity contribution in [3.8, 4) is 5.75 Å². The first-order chi connectivity index (χ1) is 8.21. The monoisotopic (exact) mass is 284 g/mol. The Labute approximate surface area is 105 Å². The van der Waals surface area contributed by atoms with E-state index in [1.54, 1.807) is 0 Å². The maximum Gasteiger partial charge on any atom is 0.417 e. The molecule has 1 atom stereocenters. The van der Waals surface area contributed by atoms with Gasteiger partial charge in [-0.1, -0.05) is 11.6 Å². The molecule has 0 saturated carbocycles. The number of benzene rings is 1. The van der Waals surface area contributed by atoms with Crippen LogP contribution in [0.2, 0.25) is 5.02 Å². The number of aromatic carboxylic acids is 1. The summed E-state index contributed by atoms with van der Waals surface area (Å²) in [6.45, 7) is -1.02. The number of carbonyl (C=O) groups is 1. The predicted octanol–water partition coefficient (Wildman–Crippen LogP) is 2.34. The Morgan fingerprint density at radius 2 is 2.06 bits per heavy atom. The molecule has 100 valence electrons. The van der Waals surface area contributed by atoms with Crippen molar-refractivity contribution in [1.82, 2.24) is 0 Å². The number of halogens is 4. The van der Waals surface area contributed by atoms with E-state index in [4.69, 9.17) is 21.8 Å². The van der Waals surface area contributed by atoms with Crippen LogP contribution in [0.1, 0.15) is 10.4 Å². The van der Waals surface area contributed by atoms with E-state index >= 15 is 0 Å². The Bertz CT molecular complexity index is 447. The fourth-order valence-electron chi connectivity index (χ4n) is 1.01. The smallest absolute Gasteiger partial charge is 0.417 e. The van der Waals surface area contributed by atoms with Crippen LogP contribution in [0.25, 0.3) is 0 Å². The first-order valence-corrected chi connectivity index (χ1v) is 5.00. The molecule has 1 aromatic carbocycles. The number of aliphatic hydroxyl groups is 1. The van der Waals surface area contributed by atoms with Gasteiger partial charge in [0.1, 0.15) is 12.4 Å². The lowest BCUT2D eigenvalue weighted by molar-refractivity contribution is -0.210. The number of carboxylic acids is 1. The lowest BCUT2D eigenvalue weighted by atomic mass is 10.2. The minimum absolute atomic E-state index is 0.122. The van der Waals surface area contributed by atoms with Crippen LogP contribution < -0.4 is 4.74 Å². The van der Waals surface area contributed by atoms with E-state index in [1.165, 1.54) is 0 Å². The summed E-state index contributed by atoms with van der Waals surface area (Å²) < 4.78 is 40.6. The lowest BCUT2D eigenvalue weighted by Crippen LogP contribution is -2.34. The number of carboxylic acid groups (broad SMARTS) is 1. The van der Waals surface area contributed by atoms with Crippen molar-refractivity contribution in [2.75, 3.05) is 6.61 Å². The van der Waals surface area contributed by atoms with E-state index in [2.05, 4.69) is 4.74 Å². The molecule has 0 saturated heterocycles. The van der Waals surface area contributed by atoms with Crippen molar-refractivity contribution < 1.29 is 32.9 Å². The minimum atomic E-state index is -4.78. The standard InChI is InChI=1S/C10H8ClF3O4/c11-6-3-5(9(16)17)1-2-7(6)18-4-8(15)10(12,13)14/h1-3,8,15H,4H2,(H,16,17). The van der Waals surface area contributed by atoms with Crippen LogP contribution >= 0.6 is 11.6 Å². The van der Waals surface area contributed by atoms with Crippen molar-refractivity contribution in [2.24, 2.45) is 0 Å². The number of aliphatic hydroxyl groups excluding tert-OH is 1. The van der Waals surface area contributed by atoms with Gasteiger partial charge in [0.2, 0.25) is 0 Å². The molecule has 0 aromatic heterocycles. The Morgan fingerprint density at radius 1 is 1.44 bits per heavy atom. The number of alkyl halides is 3.